The zero-order valence-electron chi connectivity index (χ0n) is 9.87. The molecule has 0 saturated carbocycles. The normalized spacial score (nSPS) is 11.2. The van der Waals surface area contributed by atoms with Gasteiger partial charge in [-0.2, -0.15) is 0 Å². The molecule has 102 valence electrons. The molecule has 0 atom stereocenters. The highest BCUT2D eigenvalue weighted by Gasteiger charge is 2.16. The summed E-state index contributed by atoms with van der Waals surface area (Å²) in [6, 6.07) is 5.24. The molecule has 0 spiro atoms. The van der Waals surface area contributed by atoms with Crippen molar-refractivity contribution in [2.45, 2.75) is 0 Å². The standard InChI is InChI=1S/C13H7ClF3N3/c14-7-4-10-12(5-9(7)17)20(13(18)19-10)11-3-6(15)1-2-8(11)16/h1-5H,(H2,18,19). The lowest BCUT2D eigenvalue weighted by Crippen LogP contribution is -2.03. The first-order valence-corrected chi connectivity index (χ1v) is 5.93. The van der Waals surface area contributed by atoms with E-state index in [4.69, 9.17) is 17.3 Å². The second-order valence-corrected chi connectivity index (χ2v) is 4.56. The summed E-state index contributed by atoms with van der Waals surface area (Å²) < 4.78 is 41.8. The van der Waals surface area contributed by atoms with Crippen molar-refractivity contribution < 1.29 is 13.2 Å². The number of aromatic nitrogens is 2. The number of nitrogens with two attached hydrogens (primary N) is 1. The molecule has 1 heterocycles. The molecule has 0 fully saturated rings. The zero-order valence-corrected chi connectivity index (χ0v) is 10.6. The Morgan fingerprint density at radius 2 is 1.80 bits per heavy atom. The zero-order chi connectivity index (χ0) is 14.4. The molecule has 2 aromatic carbocycles. The Balaban J connectivity index is 2.38. The fourth-order valence-corrected chi connectivity index (χ4v) is 2.16. The number of benzene rings is 2. The molecule has 3 aromatic rings. The number of nitrogens with zero attached hydrogens (tertiary/aromatic N) is 2. The van der Waals surface area contributed by atoms with Gasteiger partial charge in [-0.15, -0.1) is 0 Å². The van der Waals surface area contributed by atoms with Crippen LogP contribution in [0.1, 0.15) is 0 Å². The van der Waals surface area contributed by atoms with Crippen LogP contribution in [-0.4, -0.2) is 9.55 Å². The van der Waals surface area contributed by atoms with Gasteiger partial charge in [-0.05, 0) is 18.2 Å². The number of rotatable bonds is 1. The first-order chi connectivity index (χ1) is 9.47. The third-order valence-corrected chi connectivity index (χ3v) is 3.16. The van der Waals surface area contributed by atoms with Crippen LogP contribution in [0.5, 0.6) is 0 Å². The third-order valence-electron chi connectivity index (χ3n) is 2.87. The van der Waals surface area contributed by atoms with Crippen molar-refractivity contribution in [3.05, 3.63) is 52.8 Å². The Hall–Kier alpha value is -2.21. The molecule has 0 aliphatic heterocycles. The maximum atomic E-state index is 13.8. The van der Waals surface area contributed by atoms with Crippen molar-refractivity contribution in [3.8, 4) is 5.69 Å². The molecule has 1 aromatic heterocycles. The van der Waals surface area contributed by atoms with Gasteiger partial charge in [0.25, 0.3) is 0 Å². The largest absolute Gasteiger partial charge is 0.369 e. The van der Waals surface area contributed by atoms with Gasteiger partial charge in [0.15, 0.2) is 0 Å². The molecule has 3 nitrogen and oxygen atoms in total. The van der Waals surface area contributed by atoms with Crippen LogP contribution in [0.2, 0.25) is 5.02 Å². The van der Waals surface area contributed by atoms with Crippen LogP contribution in [0.4, 0.5) is 19.1 Å². The Morgan fingerprint density at radius 3 is 2.55 bits per heavy atom. The van der Waals surface area contributed by atoms with Crippen molar-refractivity contribution in [1.82, 2.24) is 9.55 Å². The summed E-state index contributed by atoms with van der Waals surface area (Å²) in [6.07, 6.45) is 0. The fraction of sp³-hybridized carbons (Fsp3) is 0. The minimum absolute atomic E-state index is 0.0915. The van der Waals surface area contributed by atoms with Crippen LogP contribution in [0, 0.1) is 17.5 Å². The minimum atomic E-state index is -0.701. The predicted molar refractivity (Wildman–Crippen MR) is 70.4 cm³/mol. The molecule has 0 aliphatic carbocycles. The van der Waals surface area contributed by atoms with Crippen LogP contribution < -0.4 is 5.73 Å². The van der Waals surface area contributed by atoms with Crippen molar-refractivity contribution in [3.63, 3.8) is 0 Å². The van der Waals surface area contributed by atoms with E-state index < -0.39 is 17.5 Å². The molecule has 0 aliphatic rings. The summed E-state index contributed by atoms with van der Waals surface area (Å²) in [5.41, 5.74) is 6.05. The molecule has 0 radical (unpaired) electrons. The summed E-state index contributed by atoms with van der Waals surface area (Å²) in [4.78, 5) is 3.96. The van der Waals surface area contributed by atoms with E-state index in [1.54, 1.807) is 0 Å². The highest BCUT2D eigenvalue weighted by atomic mass is 35.5. The average molecular weight is 298 g/mol. The lowest BCUT2D eigenvalue weighted by Gasteiger charge is -2.08. The van der Waals surface area contributed by atoms with E-state index in [-0.39, 0.29) is 27.7 Å². The maximum absolute atomic E-state index is 13.8. The van der Waals surface area contributed by atoms with Gasteiger partial charge in [-0.25, -0.2) is 18.2 Å². The average Bonchev–Trinajstić information content (AvgIpc) is 2.69. The second kappa shape index (κ2) is 4.42. The van der Waals surface area contributed by atoms with Gasteiger partial charge in [0, 0.05) is 12.1 Å². The van der Waals surface area contributed by atoms with Gasteiger partial charge in [0.05, 0.1) is 21.7 Å². The van der Waals surface area contributed by atoms with Crippen LogP contribution in [0.15, 0.2) is 30.3 Å². The van der Waals surface area contributed by atoms with Gasteiger partial charge >= 0.3 is 0 Å². The number of hydrogen-bond acceptors (Lipinski definition) is 2. The van der Waals surface area contributed by atoms with Gasteiger partial charge < -0.3 is 5.73 Å². The molecule has 2 N–H and O–H groups in total. The molecule has 7 heteroatoms. The lowest BCUT2D eigenvalue weighted by atomic mass is 10.2. The molecule has 3 rings (SSSR count). The third kappa shape index (κ3) is 1.89. The molecule has 0 unspecified atom stereocenters. The van der Waals surface area contributed by atoms with Crippen LogP contribution in [-0.2, 0) is 0 Å². The summed E-state index contributed by atoms with van der Waals surface area (Å²) in [7, 11) is 0. The smallest absolute Gasteiger partial charge is 0.206 e. The first kappa shape index (κ1) is 12.8. The minimum Gasteiger partial charge on any atom is -0.369 e. The Bertz CT molecular complexity index is 829. The van der Waals surface area contributed by atoms with E-state index in [2.05, 4.69) is 4.98 Å². The van der Waals surface area contributed by atoms with Gasteiger partial charge in [0.2, 0.25) is 5.95 Å². The summed E-state index contributed by atoms with van der Waals surface area (Å²) in [5, 5.41) is -0.123. The van der Waals surface area contributed by atoms with E-state index in [1.165, 1.54) is 6.07 Å². The highest BCUT2D eigenvalue weighted by Crippen LogP contribution is 2.28. The monoisotopic (exact) mass is 297 g/mol. The van der Waals surface area contributed by atoms with Crippen LogP contribution in [0.25, 0.3) is 16.7 Å². The van der Waals surface area contributed by atoms with Crippen molar-refractivity contribution in [2.75, 3.05) is 5.73 Å². The maximum Gasteiger partial charge on any atom is 0.206 e. The molecule has 0 bridgehead atoms. The van der Waals surface area contributed by atoms with E-state index in [1.807, 2.05) is 0 Å². The fourth-order valence-electron chi connectivity index (χ4n) is 2.00. The molecule has 20 heavy (non-hydrogen) atoms. The molecule has 0 saturated heterocycles. The summed E-state index contributed by atoms with van der Waals surface area (Å²) in [6.45, 7) is 0. The van der Waals surface area contributed by atoms with Gasteiger partial charge in [-0.1, -0.05) is 11.6 Å². The quantitative estimate of drug-likeness (QED) is 0.744. The number of fused-ring (bicyclic) bond motifs is 1. The first-order valence-electron chi connectivity index (χ1n) is 5.56. The SMILES string of the molecule is Nc1nc2cc(Cl)c(F)cc2n1-c1cc(F)ccc1F. The van der Waals surface area contributed by atoms with Crippen LogP contribution in [0.3, 0.4) is 0 Å². The van der Waals surface area contributed by atoms with E-state index in [0.29, 0.717) is 0 Å². The van der Waals surface area contributed by atoms with Crippen molar-refractivity contribution >= 4 is 28.6 Å². The lowest BCUT2D eigenvalue weighted by molar-refractivity contribution is 0.594. The molecular weight excluding hydrogens is 291 g/mol. The summed E-state index contributed by atoms with van der Waals surface area (Å²) in [5.74, 6) is -2.13. The predicted octanol–water partition coefficient (Wildman–Crippen LogP) is 3.68. The number of halogens is 4. The Morgan fingerprint density at radius 1 is 1.05 bits per heavy atom. The second-order valence-electron chi connectivity index (χ2n) is 4.16. The van der Waals surface area contributed by atoms with Crippen molar-refractivity contribution in [2.24, 2.45) is 0 Å². The van der Waals surface area contributed by atoms with Crippen molar-refractivity contribution in [1.29, 1.82) is 0 Å². The van der Waals surface area contributed by atoms with Crippen LogP contribution >= 0.6 is 11.6 Å². The number of nitrogen functional groups attached to an aromatic ring is 1. The van der Waals surface area contributed by atoms with E-state index in [9.17, 15) is 13.2 Å². The topological polar surface area (TPSA) is 43.8 Å². The van der Waals surface area contributed by atoms with Gasteiger partial charge in [0.1, 0.15) is 17.5 Å². The number of anilines is 1. The molecule has 0 amide bonds. The Kier molecular flexibility index (Phi) is 2.83. The summed E-state index contributed by atoms with van der Waals surface area (Å²) >= 11 is 5.65. The van der Waals surface area contributed by atoms with E-state index in [0.717, 1.165) is 28.8 Å². The van der Waals surface area contributed by atoms with E-state index >= 15 is 0 Å². The number of imidazole rings is 1. The molecular formula is C13H7ClF3N3. The Labute approximate surface area is 116 Å². The van der Waals surface area contributed by atoms with Gasteiger partial charge in [-0.3, -0.25) is 4.57 Å². The number of hydrogen-bond donors (Lipinski definition) is 1. The highest BCUT2D eigenvalue weighted by molar-refractivity contribution is 6.31.